The summed E-state index contributed by atoms with van der Waals surface area (Å²) >= 11 is 1.98. The Bertz CT molecular complexity index is 1980. The quantitative estimate of drug-likeness (QED) is 0.229. The van der Waals surface area contributed by atoms with Gasteiger partial charge in [0.2, 0.25) is 0 Å². The Morgan fingerprint density at radius 1 is 1.07 bits per heavy atom. The molecule has 41 heavy (non-hydrogen) atoms. The molecule has 0 saturated heterocycles. The summed E-state index contributed by atoms with van der Waals surface area (Å²) in [4.78, 5) is 41.3. The number of anilines is 3. The second-order valence-corrected chi connectivity index (χ2v) is 12.6. The van der Waals surface area contributed by atoms with Crippen molar-refractivity contribution in [2.75, 3.05) is 16.6 Å². The van der Waals surface area contributed by atoms with E-state index in [9.17, 15) is 27.2 Å². The van der Waals surface area contributed by atoms with E-state index in [1.807, 2.05) is 29.5 Å². The number of fused-ring (bicyclic) bond motifs is 1. The molecule has 14 heteroatoms. The molecule has 1 fully saturated rings. The van der Waals surface area contributed by atoms with Gasteiger partial charge in [0.05, 0.1) is 22.6 Å². The number of hydrogen-bond donors (Lipinski definition) is 3. The lowest BCUT2D eigenvalue weighted by atomic mass is 10.1. The molecule has 1 aliphatic rings. The summed E-state index contributed by atoms with van der Waals surface area (Å²) in [6, 6.07) is 10.3. The van der Waals surface area contributed by atoms with Gasteiger partial charge in [-0.15, -0.1) is 0 Å². The molecule has 0 unspecified atom stereocenters. The van der Waals surface area contributed by atoms with Gasteiger partial charge in [0.1, 0.15) is 17.0 Å². The van der Waals surface area contributed by atoms with Crippen LogP contribution in [0.15, 0.2) is 56.8 Å². The van der Waals surface area contributed by atoms with Crippen LogP contribution in [-0.2, 0) is 17.3 Å². The van der Waals surface area contributed by atoms with Gasteiger partial charge in [-0.3, -0.25) is 28.0 Å². The maximum atomic E-state index is 14.9. The van der Waals surface area contributed by atoms with E-state index in [2.05, 4.69) is 14.8 Å². The fourth-order valence-corrected chi connectivity index (χ4v) is 6.15. The third-order valence-electron chi connectivity index (χ3n) is 6.84. The number of nitrogens with zero attached hydrogens (tertiary/aromatic N) is 3. The highest BCUT2D eigenvalue weighted by Crippen LogP contribution is 2.34. The SMILES string of the molecule is CCCNS(=O)(=O)Nc1cccc(-n2c(=O)n(C3CC3)c(=O)c3c(Nc4ccc(I)cc4F)n(C)c(=O)c(C)c32)c1. The van der Waals surface area contributed by atoms with E-state index in [0.29, 0.717) is 22.8 Å². The summed E-state index contributed by atoms with van der Waals surface area (Å²) in [7, 11) is -2.41. The molecule has 0 radical (unpaired) electrons. The van der Waals surface area contributed by atoms with Gasteiger partial charge in [-0.1, -0.05) is 13.0 Å². The molecule has 5 rings (SSSR count). The average molecular weight is 695 g/mol. The van der Waals surface area contributed by atoms with E-state index in [-0.39, 0.29) is 51.9 Å². The third kappa shape index (κ3) is 5.55. The van der Waals surface area contributed by atoms with E-state index in [0.717, 1.165) is 4.57 Å². The fourth-order valence-electron chi connectivity index (χ4n) is 4.71. The maximum absolute atomic E-state index is 14.9. The minimum atomic E-state index is -3.88. The largest absolute Gasteiger partial charge is 0.338 e. The van der Waals surface area contributed by atoms with E-state index in [4.69, 9.17) is 0 Å². The number of nitrogens with one attached hydrogen (secondary N) is 3. The van der Waals surface area contributed by atoms with Crippen LogP contribution in [0.2, 0.25) is 0 Å². The van der Waals surface area contributed by atoms with Gasteiger partial charge in [0, 0.05) is 28.8 Å². The highest BCUT2D eigenvalue weighted by molar-refractivity contribution is 14.1. The predicted octanol–water partition coefficient (Wildman–Crippen LogP) is 3.64. The summed E-state index contributed by atoms with van der Waals surface area (Å²) in [5.41, 5.74) is -1.10. The first-order valence-electron chi connectivity index (χ1n) is 12.9. The zero-order chi connectivity index (χ0) is 29.6. The maximum Gasteiger partial charge on any atom is 0.336 e. The molecule has 0 amide bonds. The lowest BCUT2D eigenvalue weighted by Gasteiger charge is -2.21. The Morgan fingerprint density at radius 3 is 2.46 bits per heavy atom. The Kier molecular flexibility index (Phi) is 7.82. The predicted molar refractivity (Wildman–Crippen MR) is 165 cm³/mol. The molecular formula is C27H28FIN6O5S. The summed E-state index contributed by atoms with van der Waals surface area (Å²) < 4.78 is 49.0. The van der Waals surface area contributed by atoms with Crippen LogP contribution in [-0.4, -0.2) is 28.7 Å². The van der Waals surface area contributed by atoms with Crippen LogP contribution in [0.5, 0.6) is 0 Å². The van der Waals surface area contributed by atoms with Crippen LogP contribution < -0.4 is 31.6 Å². The zero-order valence-corrected chi connectivity index (χ0v) is 25.5. The molecule has 216 valence electrons. The molecule has 2 aromatic heterocycles. The summed E-state index contributed by atoms with van der Waals surface area (Å²) in [6.07, 6.45) is 1.85. The van der Waals surface area contributed by atoms with Crippen molar-refractivity contribution in [1.29, 1.82) is 0 Å². The van der Waals surface area contributed by atoms with Gasteiger partial charge < -0.3 is 5.32 Å². The van der Waals surface area contributed by atoms with Crippen molar-refractivity contribution in [3.8, 4) is 5.69 Å². The molecule has 1 aliphatic carbocycles. The number of aromatic nitrogens is 3. The van der Waals surface area contributed by atoms with Gasteiger partial charge in [-0.05, 0) is 85.2 Å². The van der Waals surface area contributed by atoms with Crippen LogP contribution in [0, 0.1) is 16.3 Å². The Hall–Kier alpha value is -3.50. The first-order valence-corrected chi connectivity index (χ1v) is 15.5. The number of hydrogen-bond acceptors (Lipinski definition) is 6. The summed E-state index contributed by atoms with van der Waals surface area (Å²) in [6.45, 7) is 3.58. The van der Waals surface area contributed by atoms with Gasteiger partial charge in [0.15, 0.2) is 0 Å². The summed E-state index contributed by atoms with van der Waals surface area (Å²) in [5.74, 6) is -0.546. The van der Waals surface area contributed by atoms with Crippen LogP contribution in [0.4, 0.5) is 21.6 Å². The molecule has 2 aromatic carbocycles. The molecule has 1 saturated carbocycles. The van der Waals surface area contributed by atoms with Crippen LogP contribution in [0.3, 0.4) is 0 Å². The van der Waals surface area contributed by atoms with Crippen molar-refractivity contribution in [2.24, 2.45) is 7.05 Å². The second kappa shape index (κ2) is 11.1. The highest BCUT2D eigenvalue weighted by atomic mass is 127. The van der Waals surface area contributed by atoms with Gasteiger partial charge in [-0.25, -0.2) is 9.18 Å². The molecule has 0 atom stereocenters. The van der Waals surface area contributed by atoms with Crippen molar-refractivity contribution in [2.45, 2.75) is 39.2 Å². The molecule has 0 spiro atoms. The number of pyridine rings is 1. The number of rotatable bonds is 9. The Labute approximate surface area is 248 Å². The molecule has 0 bridgehead atoms. The minimum Gasteiger partial charge on any atom is -0.338 e. The van der Waals surface area contributed by atoms with Gasteiger partial charge in [-0.2, -0.15) is 13.1 Å². The lowest BCUT2D eigenvalue weighted by molar-refractivity contribution is 0.586. The highest BCUT2D eigenvalue weighted by Gasteiger charge is 2.31. The van der Waals surface area contributed by atoms with Crippen LogP contribution >= 0.6 is 22.6 Å². The number of benzene rings is 2. The number of aryl methyl sites for hydroxylation is 1. The molecule has 11 nitrogen and oxygen atoms in total. The first-order chi connectivity index (χ1) is 19.4. The van der Waals surface area contributed by atoms with E-state index in [1.165, 1.54) is 47.4 Å². The van der Waals surface area contributed by atoms with Crippen molar-refractivity contribution in [3.05, 3.63) is 88.6 Å². The van der Waals surface area contributed by atoms with Crippen molar-refractivity contribution < 1.29 is 12.8 Å². The second-order valence-electron chi connectivity index (χ2n) is 9.89. The number of halogens is 2. The van der Waals surface area contributed by atoms with Gasteiger partial charge in [0.25, 0.3) is 21.3 Å². The molecule has 2 heterocycles. The van der Waals surface area contributed by atoms with E-state index >= 15 is 0 Å². The van der Waals surface area contributed by atoms with Crippen LogP contribution in [0.1, 0.15) is 37.8 Å². The van der Waals surface area contributed by atoms with Crippen molar-refractivity contribution in [1.82, 2.24) is 18.4 Å². The monoisotopic (exact) mass is 694 g/mol. The minimum absolute atomic E-state index is 0.0319. The molecular weight excluding hydrogens is 666 g/mol. The van der Waals surface area contributed by atoms with E-state index < -0.39 is 32.8 Å². The molecule has 0 aliphatic heterocycles. The van der Waals surface area contributed by atoms with Crippen molar-refractivity contribution in [3.63, 3.8) is 0 Å². The van der Waals surface area contributed by atoms with E-state index in [1.54, 1.807) is 18.2 Å². The smallest absolute Gasteiger partial charge is 0.336 e. The topological polar surface area (TPSA) is 136 Å². The Balaban J connectivity index is 1.81. The lowest BCUT2D eigenvalue weighted by Crippen LogP contribution is -2.41. The standard InChI is InChI=1S/C27H28FIN6O5S/c1-4-12-30-41(39,40)32-17-6-5-7-19(14-17)34-23-15(2)25(36)33(3)24(31-21-11-8-16(29)13-20(21)28)22(23)26(37)35(27(34)38)18-9-10-18/h5-8,11,13-14,18,30-32H,4,9-10,12H2,1-3H3. The zero-order valence-electron chi connectivity index (χ0n) is 22.5. The van der Waals surface area contributed by atoms with Crippen molar-refractivity contribution >= 4 is 60.9 Å². The fraction of sp³-hybridized carbons (Fsp3) is 0.296. The summed E-state index contributed by atoms with van der Waals surface area (Å²) in [5, 5.41) is 2.95. The Morgan fingerprint density at radius 2 is 1.80 bits per heavy atom. The average Bonchev–Trinajstić information content (AvgIpc) is 3.75. The van der Waals surface area contributed by atoms with Crippen LogP contribution in [0.25, 0.3) is 16.6 Å². The molecule has 4 aromatic rings. The molecule has 3 N–H and O–H groups in total. The van der Waals surface area contributed by atoms with Gasteiger partial charge >= 0.3 is 5.69 Å². The normalized spacial score (nSPS) is 13.5. The third-order valence-corrected chi connectivity index (χ3v) is 8.60. The first kappa shape index (κ1) is 29.0.